The molecule has 1 aliphatic rings. The molecule has 1 fully saturated rings. The van der Waals surface area contributed by atoms with E-state index in [0.717, 1.165) is 13.1 Å². The summed E-state index contributed by atoms with van der Waals surface area (Å²) in [5, 5.41) is 0. The van der Waals surface area contributed by atoms with Gasteiger partial charge in [-0.1, -0.05) is 17.7 Å². The lowest BCUT2D eigenvalue weighted by atomic mass is 9.99. The number of benzene rings is 1. The van der Waals surface area contributed by atoms with Gasteiger partial charge in [-0.15, -0.1) is 0 Å². The number of rotatable bonds is 2. The van der Waals surface area contributed by atoms with Crippen molar-refractivity contribution in [1.82, 2.24) is 4.90 Å². The second-order valence-electron chi connectivity index (χ2n) is 6.08. The molecule has 19 heavy (non-hydrogen) atoms. The number of anilines is 1. The Morgan fingerprint density at radius 2 is 1.74 bits per heavy atom. The van der Waals surface area contributed by atoms with Crippen LogP contribution >= 0.6 is 0 Å². The van der Waals surface area contributed by atoms with Crippen LogP contribution in [0.4, 0.5) is 5.69 Å². The second-order valence-corrected chi connectivity index (χ2v) is 6.08. The van der Waals surface area contributed by atoms with Gasteiger partial charge in [-0.2, -0.15) is 0 Å². The molecular weight excluding hydrogens is 234 g/mol. The van der Waals surface area contributed by atoms with Crippen molar-refractivity contribution in [2.75, 3.05) is 31.6 Å². The fourth-order valence-electron chi connectivity index (χ4n) is 3.29. The summed E-state index contributed by atoms with van der Waals surface area (Å²) in [4.78, 5) is 4.93. The number of likely N-dealkylation sites (N-methyl/N-ethyl adjacent to an activating group) is 1. The van der Waals surface area contributed by atoms with E-state index in [2.05, 4.69) is 56.7 Å². The Kier molecular flexibility index (Phi) is 4.16. The number of aryl methyl sites for hydroxylation is 3. The van der Waals surface area contributed by atoms with Gasteiger partial charge in [0.05, 0.1) is 6.04 Å². The van der Waals surface area contributed by atoms with Crippen LogP contribution < -0.4 is 10.6 Å². The van der Waals surface area contributed by atoms with E-state index < -0.39 is 0 Å². The summed E-state index contributed by atoms with van der Waals surface area (Å²) in [5.41, 5.74) is 11.5. The normalized spacial score (nSPS) is 24.8. The highest BCUT2D eigenvalue weighted by molar-refractivity contribution is 5.61. The van der Waals surface area contributed by atoms with Crippen molar-refractivity contribution in [3.8, 4) is 0 Å². The number of piperazine rings is 1. The van der Waals surface area contributed by atoms with Crippen LogP contribution in [0.2, 0.25) is 0 Å². The average molecular weight is 261 g/mol. The van der Waals surface area contributed by atoms with Crippen molar-refractivity contribution in [3.63, 3.8) is 0 Å². The molecule has 0 aromatic heterocycles. The molecule has 1 aromatic rings. The van der Waals surface area contributed by atoms with E-state index in [9.17, 15) is 0 Å². The topological polar surface area (TPSA) is 32.5 Å². The third-order valence-corrected chi connectivity index (χ3v) is 4.35. The van der Waals surface area contributed by atoms with Crippen LogP contribution in [-0.4, -0.2) is 43.7 Å². The predicted molar refractivity (Wildman–Crippen MR) is 82.9 cm³/mol. The van der Waals surface area contributed by atoms with Crippen LogP contribution in [-0.2, 0) is 0 Å². The van der Waals surface area contributed by atoms with Gasteiger partial charge in [0, 0.05) is 31.4 Å². The third kappa shape index (κ3) is 2.77. The Bertz CT molecular complexity index is 432. The molecule has 3 nitrogen and oxygen atoms in total. The summed E-state index contributed by atoms with van der Waals surface area (Å²) in [7, 11) is 2.19. The van der Waals surface area contributed by atoms with Crippen LogP contribution in [0, 0.1) is 20.8 Å². The molecule has 1 saturated heterocycles. The number of nitrogens with zero attached hydrogens (tertiary/aromatic N) is 2. The van der Waals surface area contributed by atoms with E-state index >= 15 is 0 Å². The Labute approximate surface area is 117 Å². The summed E-state index contributed by atoms with van der Waals surface area (Å²) in [6, 6.07) is 5.54. The van der Waals surface area contributed by atoms with E-state index in [-0.39, 0.29) is 0 Å². The lowest BCUT2D eigenvalue weighted by Gasteiger charge is -2.46. The van der Waals surface area contributed by atoms with Gasteiger partial charge in [0.15, 0.2) is 0 Å². The van der Waals surface area contributed by atoms with Crippen LogP contribution in [0.5, 0.6) is 0 Å². The summed E-state index contributed by atoms with van der Waals surface area (Å²) >= 11 is 0. The van der Waals surface area contributed by atoms with Crippen LogP contribution in [0.1, 0.15) is 23.6 Å². The maximum absolute atomic E-state index is 6.00. The predicted octanol–water partition coefficient (Wildman–Crippen LogP) is 2.08. The van der Waals surface area contributed by atoms with Crippen molar-refractivity contribution < 1.29 is 0 Å². The first-order valence-electron chi connectivity index (χ1n) is 7.18. The van der Waals surface area contributed by atoms with Gasteiger partial charge in [-0.25, -0.2) is 0 Å². The van der Waals surface area contributed by atoms with Gasteiger partial charge in [0.2, 0.25) is 0 Å². The minimum atomic E-state index is 0.418. The Morgan fingerprint density at radius 3 is 2.26 bits per heavy atom. The molecule has 1 aromatic carbocycles. The zero-order valence-electron chi connectivity index (χ0n) is 12.9. The fourth-order valence-corrected chi connectivity index (χ4v) is 3.29. The molecule has 0 spiro atoms. The first-order valence-corrected chi connectivity index (χ1v) is 7.18. The highest BCUT2D eigenvalue weighted by Gasteiger charge is 2.30. The minimum absolute atomic E-state index is 0.418. The van der Waals surface area contributed by atoms with E-state index in [1.807, 2.05) is 0 Å². The standard InChI is InChI=1S/C16H27N3/c1-11-6-12(2)16(13(3)7-11)19-9-14(4)18(5)10-15(19)8-17/h6-7,14-15H,8-10,17H2,1-5H3. The maximum atomic E-state index is 6.00. The van der Waals surface area contributed by atoms with E-state index in [1.165, 1.54) is 22.4 Å². The van der Waals surface area contributed by atoms with E-state index in [0.29, 0.717) is 18.6 Å². The smallest absolute Gasteiger partial charge is 0.0540 e. The molecule has 2 atom stereocenters. The average Bonchev–Trinajstić information content (AvgIpc) is 2.32. The Balaban J connectivity index is 2.39. The van der Waals surface area contributed by atoms with Gasteiger partial charge in [-0.05, 0) is 45.9 Å². The van der Waals surface area contributed by atoms with E-state index in [1.54, 1.807) is 0 Å². The van der Waals surface area contributed by atoms with Crippen molar-refractivity contribution in [2.45, 2.75) is 39.8 Å². The molecule has 3 heteroatoms. The van der Waals surface area contributed by atoms with Crippen molar-refractivity contribution in [3.05, 3.63) is 28.8 Å². The molecule has 0 amide bonds. The van der Waals surface area contributed by atoms with Gasteiger partial charge in [-0.3, -0.25) is 4.90 Å². The van der Waals surface area contributed by atoms with Crippen LogP contribution in [0.3, 0.4) is 0 Å². The number of hydrogen-bond donors (Lipinski definition) is 1. The molecular formula is C16H27N3. The molecule has 106 valence electrons. The molecule has 0 radical (unpaired) electrons. The lowest BCUT2D eigenvalue weighted by molar-refractivity contribution is 0.201. The second kappa shape index (κ2) is 5.51. The highest BCUT2D eigenvalue weighted by Crippen LogP contribution is 2.30. The zero-order chi connectivity index (χ0) is 14.2. The van der Waals surface area contributed by atoms with Crippen molar-refractivity contribution >= 4 is 5.69 Å². The number of nitrogens with two attached hydrogens (primary N) is 1. The molecule has 2 unspecified atom stereocenters. The van der Waals surface area contributed by atoms with E-state index in [4.69, 9.17) is 5.73 Å². The van der Waals surface area contributed by atoms with Gasteiger partial charge in [0.25, 0.3) is 0 Å². The summed E-state index contributed by atoms with van der Waals surface area (Å²) in [5.74, 6) is 0. The summed E-state index contributed by atoms with van der Waals surface area (Å²) in [6.07, 6.45) is 0. The third-order valence-electron chi connectivity index (χ3n) is 4.35. The minimum Gasteiger partial charge on any atom is -0.364 e. The highest BCUT2D eigenvalue weighted by atomic mass is 15.3. The first kappa shape index (κ1) is 14.4. The summed E-state index contributed by atoms with van der Waals surface area (Å²) in [6.45, 7) is 11.7. The van der Waals surface area contributed by atoms with Crippen molar-refractivity contribution in [1.29, 1.82) is 0 Å². The van der Waals surface area contributed by atoms with Gasteiger partial charge < -0.3 is 10.6 Å². The first-order chi connectivity index (χ1) is 8.93. The molecule has 0 aliphatic carbocycles. The largest absolute Gasteiger partial charge is 0.364 e. The Morgan fingerprint density at radius 1 is 1.16 bits per heavy atom. The summed E-state index contributed by atoms with van der Waals surface area (Å²) < 4.78 is 0. The molecule has 1 heterocycles. The molecule has 0 saturated carbocycles. The molecule has 2 rings (SSSR count). The van der Waals surface area contributed by atoms with Crippen LogP contribution in [0.25, 0.3) is 0 Å². The molecule has 1 aliphatic heterocycles. The zero-order valence-corrected chi connectivity index (χ0v) is 12.9. The maximum Gasteiger partial charge on any atom is 0.0540 e. The molecule has 0 bridgehead atoms. The Hall–Kier alpha value is -1.06. The van der Waals surface area contributed by atoms with Crippen molar-refractivity contribution in [2.24, 2.45) is 5.73 Å². The van der Waals surface area contributed by atoms with Gasteiger partial charge in [0.1, 0.15) is 0 Å². The SMILES string of the molecule is Cc1cc(C)c(N2CC(C)N(C)CC2CN)c(C)c1. The molecule has 2 N–H and O–H groups in total. The van der Waals surface area contributed by atoms with Crippen LogP contribution in [0.15, 0.2) is 12.1 Å². The number of hydrogen-bond acceptors (Lipinski definition) is 3. The fraction of sp³-hybridized carbons (Fsp3) is 0.625. The van der Waals surface area contributed by atoms with Gasteiger partial charge >= 0.3 is 0 Å². The lowest BCUT2D eigenvalue weighted by Crippen LogP contribution is -2.59. The monoisotopic (exact) mass is 261 g/mol. The quantitative estimate of drug-likeness (QED) is 0.884.